The predicted octanol–water partition coefficient (Wildman–Crippen LogP) is 0.758. The molecule has 0 spiro atoms. The van der Waals surface area contributed by atoms with Gasteiger partial charge in [-0.15, -0.1) is 11.3 Å². The third kappa shape index (κ3) is 2.97. The Balaban J connectivity index is 2.04. The predicted molar refractivity (Wildman–Crippen MR) is 65.7 cm³/mol. The molecule has 0 bridgehead atoms. The maximum Gasteiger partial charge on any atom is 0.239 e. The summed E-state index contributed by atoms with van der Waals surface area (Å²) in [4.78, 5) is 23.3. The van der Waals surface area contributed by atoms with Crippen LogP contribution in [0.5, 0.6) is 0 Å². The number of anilines is 1. The first-order valence-corrected chi connectivity index (χ1v) is 5.84. The fourth-order valence-corrected chi connectivity index (χ4v) is 1.86. The SMILES string of the molecule is CNC(=O)CNc1nc(-c2ccncn2)cs1. The fourth-order valence-electron chi connectivity index (χ4n) is 1.16. The number of rotatable bonds is 4. The van der Waals surface area contributed by atoms with Crippen molar-refractivity contribution in [3.05, 3.63) is 24.0 Å². The van der Waals surface area contributed by atoms with Crippen molar-refractivity contribution >= 4 is 22.4 Å². The van der Waals surface area contributed by atoms with E-state index in [2.05, 4.69) is 25.6 Å². The Morgan fingerprint density at radius 3 is 3.06 bits per heavy atom. The molecule has 0 saturated heterocycles. The van der Waals surface area contributed by atoms with Crippen LogP contribution in [-0.4, -0.2) is 34.5 Å². The van der Waals surface area contributed by atoms with Gasteiger partial charge in [0, 0.05) is 18.6 Å². The number of thiazole rings is 1. The van der Waals surface area contributed by atoms with Gasteiger partial charge in [-0.2, -0.15) is 0 Å². The minimum absolute atomic E-state index is 0.0798. The van der Waals surface area contributed by atoms with Gasteiger partial charge in [0.2, 0.25) is 5.91 Å². The summed E-state index contributed by atoms with van der Waals surface area (Å²) >= 11 is 1.43. The van der Waals surface area contributed by atoms with Crippen molar-refractivity contribution in [2.75, 3.05) is 18.9 Å². The van der Waals surface area contributed by atoms with Crippen LogP contribution in [0.2, 0.25) is 0 Å². The molecule has 2 rings (SSSR count). The number of nitrogens with one attached hydrogen (secondary N) is 2. The van der Waals surface area contributed by atoms with E-state index in [1.54, 1.807) is 19.3 Å². The second-order valence-corrected chi connectivity index (χ2v) is 4.02. The number of aromatic nitrogens is 3. The highest BCUT2D eigenvalue weighted by molar-refractivity contribution is 7.14. The van der Waals surface area contributed by atoms with Gasteiger partial charge in [-0.1, -0.05) is 0 Å². The molecule has 88 valence electrons. The van der Waals surface area contributed by atoms with Crippen molar-refractivity contribution in [3.63, 3.8) is 0 Å². The first-order chi connectivity index (χ1) is 8.29. The van der Waals surface area contributed by atoms with Crippen LogP contribution in [0, 0.1) is 0 Å². The van der Waals surface area contributed by atoms with Crippen LogP contribution in [0.15, 0.2) is 24.0 Å². The summed E-state index contributed by atoms with van der Waals surface area (Å²) in [5.41, 5.74) is 1.54. The van der Waals surface area contributed by atoms with Crippen LogP contribution in [0.3, 0.4) is 0 Å². The van der Waals surface area contributed by atoms with Crippen LogP contribution in [0.4, 0.5) is 5.13 Å². The normalized spacial score (nSPS) is 9.94. The highest BCUT2D eigenvalue weighted by Crippen LogP contribution is 2.22. The van der Waals surface area contributed by atoms with Crippen LogP contribution >= 0.6 is 11.3 Å². The van der Waals surface area contributed by atoms with Crippen molar-refractivity contribution in [3.8, 4) is 11.4 Å². The molecular weight excluding hydrogens is 238 g/mol. The zero-order valence-corrected chi connectivity index (χ0v) is 9.99. The summed E-state index contributed by atoms with van der Waals surface area (Å²) in [6, 6.07) is 1.79. The molecule has 0 aromatic carbocycles. The molecule has 7 heteroatoms. The van der Waals surface area contributed by atoms with Crippen LogP contribution in [0.25, 0.3) is 11.4 Å². The Kier molecular flexibility index (Phi) is 3.61. The minimum Gasteiger partial charge on any atom is -0.358 e. The molecule has 0 saturated carbocycles. The summed E-state index contributed by atoms with van der Waals surface area (Å²) in [6.45, 7) is 0.216. The topological polar surface area (TPSA) is 79.8 Å². The van der Waals surface area contributed by atoms with E-state index in [9.17, 15) is 4.79 Å². The van der Waals surface area contributed by atoms with E-state index in [-0.39, 0.29) is 12.5 Å². The lowest BCUT2D eigenvalue weighted by molar-refractivity contribution is -0.118. The first kappa shape index (κ1) is 11.5. The third-order valence-corrected chi connectivity index (χ3v) is 2.83. The largest absolute Gasteiger partial charge is 0.358 e. The van der Waals surface area contributed by atoms with Crippen LogP contribution in [0.1, 0.15) is 0 Å². The van der Waals surface area contributed by atoms with Crippen molar-refractivity contribution in [2.45, 2.75) is 0 Å². The Bertz CT molecular complexity index is 498. The molecule has 0 aliphatic carbocycles. The molecule has 0 atom stereocenters. The second-order valence-electron chi connectivity index (χ2n) is 3.16. The van der Waals surface area contributed by atoms with Crippen LogP contribution in [-0.2, 0) is 4.79 Å². The number of amides is 1. The zero-order valence-electron chi connectivity index (χ0n) is 9.17. The lowest BCUT2D eigenvalue weighted by atomic mass is 10.3. The second kappa shape index (κ2) is 5.35. The van der Waals surface area contributed by atoms with E-state index < -0.39 is 0 Å². The molecule has 0 unspecified atom stereocenters. The number of hydrogen-bond acceptors (Lipinski definition) is 6. The Labute approximate surface area is 102 Å². The number of hydrogen-bond donors (Lipinski definition) is 2. The number of carbonyl (C=O) groups excluding carboxylic acids is 1. The minimum atomic E-state index is -0.0798. The Morgan fingerprint density at radius 1 is 1.47 bits per heavy atom. The molecule has 0 radical (unpaired) electrons. The molecule has 2 heterocycles. The lowest BCUT2D eigenvalue weighted by Crippen LogP contribution is -2.26. The average Bonchev–Trinajstić information content (AvgIpc) is 2.86. The lowest BCUT2D eigenvalue weighted by Gasteiger charge is -2.00. The Hall–Kier alpha value is -2.02. The van der Waals surface area contributed by atoms with E-state index in [0.717, 1.165) is 11.4 Å². The number of likely N-dealkylation sites (N-methyl/N-ethyl adjacent to an activating group) is 1. The van der Waals surface area contributed by atoms with E-state index in [1.807, 2.05) is 5.38 Å². The monoisotopic (exact) mass is 249 g/mol. The average molecular weight is 249 g/mol. The van der Waals surface area contributed by atoms with E-state index in [4.69, 9.17) is 0 Å². The number of nitrogens with zero attached hydrogens (tertiary/aromatic N) is 3. The molecule has 2 aromatic heterocycles. The zero-order chi connectivity index (χ0) is 12.1. The van der Waals surface area contributed by atoms with Crippen molar-refractivity contribution in [2.24, 2.45) is 0 Å². The Morgan fingerprint density at radius 2 is 2.35 bits per heavy atom. The van der Waals surface area contributed by atoms with Gasteiger partial charge in [-0.3, -0.25) is 4.79 Å². The van der Waals surface area contributed by atoms with Gasteiger partial charge in [0.1, 0.15) is 12.0 Å². The smallest absolute Gasteiger partial charge is 0.239 e. The summed E-state index contributed by atoms with van der Waals surface area (Å²) in [5.74, 6) is -0.0798. The van der Waals surface area contributed by atoms with Gasteiger partial charge >= 0.3 is 0 Å². The van der Waals surface area contributed by atoms with Gasteiger partial charge in [0.05, 0.1) is 12.2 Å². The van der Waals surface area contributed by atoms with Gasteiger partial charge in [-0.05, 0) is 6.07 Å². The highest BCUT2D eigenvalue weighted by Gasteiger charge is 2.06. The van der Waals surface area contributed by atoms with Crippen molar-refractivity contribution < 1.29 is 4.79 Å². The maximum absolute atomic E-state index is 11.0. The molecular formula is C10H11N5OS. The fraction of sp³-hybridized carbons (Fsp3) is 0.200. The van der Waals surface area contributed by atoms with E-state index in [1.165, 1.54) is 17.7 Å². The van der Waals surface area contributed by atoms with Gasteiger partial charge in [0.25, 0.3) is 0 Å². The van der Waals surface area contributed by atoms with E-state index in [0.29, 0.717) is 5.13 Å². The summed E-state index contributed by atoms with van der Waals surface area (Å²) < 4.78 is 0. The van der Waals surface area contributed by atoms with Gasteiger partial charge in [-0.25, -0.2) is 15.0 Å². The molecule has 0 aliphatic rings. The van der Waals surface area contributed by atoms with Gasteiger partial charge in [0.15, 0.2) is 5.13 Å². The summed E-state index contributed by atoms with van der Waals surface area (Å²) in [5, 5.41) is 8.05. The maximum atomic E-state index is 11.0. The summed E-state index contributed by atoms with van der Waals surface area (Å²) in [7, 11) is 1.60. The molecule has 2 aromatic rings. The van der Waals surface area contributed by atoms with Crippen molar-refractivity contribution in [1.29, 1.82) is 0 Å². The first-order valence-electron chi connectivity index (χ1n) is 4.96. The van der Waals surface area contributed by atoms with Gasteiger partial charge < -0.3 is 10.6 Å². The van der Waals surface area contributed by atoms with E-state index >= 15 is 0 Å². The van der Waals surface area contributed by atoms with Crippen LogP contribution < -0.4 is 10.6 Å². The molecule has 17 heavy (non-hydrogen) atoms. The van der Waals surface area contributed by atoms with Crippen molar-refractivity contribution in [1.82, 2.24) is 20.3 Å². The molecule has 1 amide bonds. The standard InChI is InChI=1S/C10H11N5OS/c1-11-9(16)4-13-10-15-8(5-17-10)7-2-3-12-6-14-7/h2-3,5-6H,4H2,1H3,(H,11,16)(H,13,15). The summed E-state index contributed by atoms with van der Waals surface area (Å²) in [6.07, 6.45) is 3.14. The quantitative estimate of drug-likeness (QED) is 0.836. The highest BCUT2D eigenvalue weighted by atomic mass is 32.1. The molecule has 2 N–H and O–H groups in total. The molecule has 6 nitrogen and oxygen atoms in total. The third-order valence-electron chi connectivity index (χ3n) is 2.03. The molecule has 0 fully saturated rings. The number of carbonyl (C=O) groups is 1. The molecule has 0 aliphatic heterocycles.